The highest BCUT2D eigenvalue weighted by molar-refractivity contribution is 7.10. The van der Waals surface area contributed by atoms with E-state index in [1.165, 1.54) is 0 Å². The fourth-order valence-electron chi connectivity index (χ4n) is 3.44. The Morgan fingerprint density at radius 3 is 2.58 bits per heavy atom. The molecule has 0 radical (unpaired) electrons. The molecule has 0 unspecified atom stereocenters. The molecule has 0 saturated heterocycles. The lowest BCUT2D eigenvalue weighted by atomic mass is 10.0. The Hall–Kier alpha value is -2.85. The van der Waals surface area contributed by atoms with Crippen LogP contribution in [0.15, 0.2) is 72.2 Å². The summed E-state index contributed by atoms with van der Waals surface area (Å²) < 4.78 is 0. The van der Waals surface area contributed by atoms with Crippen molar-refractivity contribution < 1.29 is 4.79 Å². The number of para-hydroxylation sites is 1. The summed E-state index contributed by atoms with van der Waals surface area (Å²) in [5, 5.41) is 3.21. The maximum Gasteiger partial charge on any atom is 0.254 e. The number of carbonyl (C=O) groups is 1. The van der Waals surface area contributed by atoms with Gasteiger partial charge in [-0.05, 0) is 36.1 Å². The van der Waals surface area contributed by atoms with Crippen LogP contribution in [0.5, 0.6) is 0 Å². The molecule has 0 bridgehead atoms. The molecule has 1 N–H and O–H groups in total. The van der Waals surface area contributed by atoms with Crippen LogP contribution in [0.2, 0.25) is 0 Å². The molecule has 4 aromatic rings. The minimum absolute atomic E-state index is 0.0341. The standard InChI is InChI=1S/C22H20N2OS/c1-15-8-3-4-9-16(15)22(25)24(2)21(20-12-7-13-26-20)18-14-23-19-11-6-5-10-17(18)19/h3-14,21,23H,1-2H3/t21-/m1/s1. The van der Waals surface area contributed by atoms with E-state index in [1.54, 1.807) is 11.3 Å². The molecule has 2 heterocycles. The fraction of sp³-hybridized carbons (Fsp3) is 0.136. The molecule has 1 atom stereocenters. The number of H-pyrrole nitrogens is 1. The largest absolute Gasteiger partial charge is 0.361 e. The zero-order valence-electron chi connectivity index (χ0n) is 14.8. The molecule has 4 heteroatoms. The first-order valence-corrected chi connectivity index (χ1v) is 9.47. The van der Waals surface area contributed by atoms with Crippen LogP contribution in [-0.4, -0.2) is 22.8 Å². The fourth-order valence-corrected chi connectivity index (χ4v) is 4.33. The van der Waals surface area contributed by atoms with E-state index in [0.717, 1.165) is 32.5 Å². The van der Waals surface area contributed by atoms with Gasteiger partial charge in [0.2, 0.25) is 0 Å². The maximum atomic E-state index is 13.3. The van der Waals surface area contributed by atoms with E-state index >= 15 is 0 Å². The van der Waals surface area contributed by atoms with Crippen LogP contribution in [0, 0.1) is 6.92 Å². The number of rotatable bonds is 4. The van der Waals surface area contributed by atoms with Crippen LogP contribution in [-0.2, 0) is 0 Å². The molecule has 4 rings (SSSR count). The Bertz CT molecular complexity index is 1050. The van der Waals surface area contributed by atoms with Gasteiger partial charge in [-0.2, -0.15) is 0 Å². The second kappa shape index (κ2) is 6.81. The smallest absolute Gasteiger partial charge is 0.254 e. The Balaban J connectivity index is 1.82. The van der Waals surface area contributed by atoms with Crippen molar-refractivity contribution in [2.24, 2.45) is 0 Å². The molecular weight excluding hydrogens is 340 g/mol. The highest BCUT2D eigenvalue weighted by atomic mass is 32.1. The summed E-state index contributed by atoms with van der Waals surface area (Å²) in [6, 6.07) is 20.0. The molecule has 0 fully saturated rings. The van der Waals surface area contributed by atoms with E-state index in [-0.39, 0.29) is 11.9 Å². The first-order valence-electron chi connectivity index (χ1n) is 8.59. The SMILES string of the molecule is Cc1ccccc1C(=O)N(C)[C@@H](c1cccs1)c1c[nH]c2ccccc12. The number of nitrogens with zero attached hydrogens (tertiary/aromatic N) is 1. The Morgan fingerprint density at radius 2 is 1.81 bits per heavy atom. The Kier molecular flexibility index (Phi) is 4.35. The Labute approximate surface area is 156 Å². The average Bonchev–Trinajstić information content (AvgIpc) is 3.33. The van der Waals surface area contributed by atoms with Crippen LogP contribution in [0.1, 0.15) is 32.4 Å². The van der Waals surface area contributed by atoms with Gasteiger partial charge in [0, 0.05) is 40.2 Å². The maximum absolute atomic E-state index is 13.3. The van der Waals surface area contributed by atoms with Crippen molar-refractivity contribution in [3.8, 4) is 0 Å². The highest BCUT2D eigenvalue weighted by Gasteiger charge is 2.27. The van der Waals surface area contributed by atoms with Gasteiger partial charge < -0.3 is 9.88 Å². The van der Waals surface area contributed by atoms with Crippen molar-refractivity contribution >= 4 is 28.1 Å². The molecule has 130 valence electrons. The van der Waals surface area contributed by atoms with Crippen LogP contribution in [0.25, 0.3) is 10.9 Å². The molecule has 0 aliphatic heterocycles. The molecular formula is C22H20N2OS. The quantitative estimate of drug-likeness (QED) is 0.520. The van der Waals surface area contributed by atoms with Gasteiger partial charge in [-0.25, -0.2) is 0 Å². The number of hydrogen-bond donors (Lipinski definition) is 1. The highest BCUT2D eigenvalue weighted by Crippen LogP contribution is 2.36. The molecule has 0 spiro atoms. The van der Waals surface area contributed by atoms with Crippen molar-refractivity contribution in [3.05, 3.63) is 93.8 Å². The van der Waals surface area contributed by atoms with Gasteiger partial charge in [0.15, 0.2) is 0 Å². The topological polar surface area (TPSA) is 36.1 Å². The number of benzene rings is 2. The third kappa shape index (κ3) is 2.82. The molecule has 2 aromatic heterocycles. The molecule has 2 aromatic carbocycles. The van der Waals surface area contributed by atoms with Gasteiger partial charge in [-0.15, -0.1) is 11.3 Å². The number of aromatic amines is 1. The van der Waals surface area contributed by atoms with Crippen molar-refractivity contribution in [1.82, 2.24) is 9.88 Å². The van der Waals surface area contributed by atoms with Crippen molar-refractivity contribution in [2.45, 2.75) is 13.0 Å². The zero-order chi connectivity index (χ0) is 18.1. The predicted molar refractivity (Wildman–Crippen MR) is 108 cm³/mol. The van der Waals surface area contributed by atoms with Crippen LogP contribution in [0.4, 0.5) is 0 Å². The van der Waals surface area contributed by atoms with E-state index in [9.17, 15) is 4.79 Å². The molecule has 0 aliphatic carbocycles. The first-order chi connectivity index (χ1) is 12.7. The number of carbonyl (C=O) groups excluding carboxylic acids is 1. The molecule has 3 nitrogen and oxygen atoms in total. The lowest BCUT2D eigenvalue weighted by Gasteiger charge is -2.28. The third-order valence-corrected chi connectivity index (χ3v) is 5.74. The number of nitrogens with one attached hydrogen (secondary N) is 1. The summed E-state index contributed by atoms with van der Waals surface area (Å²) in [6.07, 6.45) is 2.02. The van der Waals surface area contributed by atoms with Crippen molar-refractivity contribution in [3.63, 3.8) is 0 Å². The van der Waals surface area contributed by atoms with E-state index in [1.807, 2.05) is 67.5 Å². The van der Waals surface area contributed by atoms with Gasteiger partial charge >= 0.3 is 0 Å². The number of thiophene rings is 1. The van der Waals surface area contributed by atoms with Gasteiger partial charge in [0.25, 0.3) is 5.91 Å². The van der Waals surface area contributed by atoms with E-state index in [0.29, 0.717) is 0 Å². The predicted octanol–water partition coefficient (Wildman–Crippen LogP) is 5.40. The van der Waals surface area contributed by atoms with E-state index in [4.69, 9.17) is 0 Å². The normalized spacial score (nSPS) is 12.2. The average molecular weight is 360 g/mol. The zero-order valence-corrected chi connectivity index (χ0v) is 15.6. The van der Waals surface area contributed by atoms with Crippen molar-refractivity contribution in [1.29, 1.82) is 0 Å². The van der Waals surface area contributed by atoms with Crippen LogP contribution in [0.3, 0.4) is 0 Å². The van der Waals surface area contributed by atoms with E-state index < -0.39 is 0 Å². The van der Waals surface area contributed by atoms with Gasteiger partial charge in [-0.3, -0.25) is 4.79 Å². The summed E-state index contributed by atoms with van der Waals surface area (Å²) in [7, 11) is 1.89. The molecule has 1 amide bonds. The molecule has 0 aliphatic rings. The number of hydrogen-bond acceptors (Lipinski definition) is 2. The number of fused-ring (bicyclic) bond motifs is 1. The minimum atomic E-state index is -0.127. The molecule has 0 saturated carbocycles. The second-order valence-corrected chi connectivity index (χ2v) is 7.42. The van der Waals surface area contributed by atoms with Crippen LogP contribution >= 0.6 is 11.3 Å². The van der Waals surface area contributed by atoms with Gasteiger partial charge in [0.1, 0.15) is 0 Å². The summed E-state index contributed by atoms with van der Waals surface area (Å²) in [4.78, 5) is 19.6. The lowest BCUT2D eigenvalue weighted by Crippen LogP contribution is -2.32. The minimum Gasteiger partial charge on any atom is -0.361 e. The van der Waals surface area contributed by atoms with Gasteiger partial charge in [0.05, 0.1) is 6.04 Å². The second-order valence-electron chi connectivity index (χ2n) is 6.44. The summed E-state index contributed by atoms with van der Waals surface area (Å²) in [6.45, 7) is 1.98. The lowest BCUT2D eigenvalue weighted by molar-refractivity contribution is 0.0757. The summed E-state index contributed by atoms with van der Waals surface area (Å²) in [5.41, 5.74) is 3.94. The molecule has 26 heavy (non-hydrogen) atoms. The number of amides is 1. The summed E-state index contributed by atoms with van der Waals surface area (Å²) >= 11 is 1.68. The van der Waals surface area contributed by atoms with Gasteiger partial charge in [-0.1, -0.05) is 42.5 Å². The first kappa shape index (κ1) is 16.6. The summed E-state index contributed by atoms with van der Waals surface area (Å²) in [5.74, 6) is 0.0341. The Morgan fingerprint density at radius 1 is 1.04 bits per heavy atom. The van der Waals surface area contributed by atoms with Crippen molar-refractivity contribution in [2.75, 3.05) is 7.05 Å². The van der Waals surface area contributed by atoms with Crippen LogP contribution < -0.4 is 0 Å². The third-order valence-electron chi connectivity index (χ3n) is 4.81. The number of aryl methyl sites for hydroxylation is 1. The monoisotopic (exact) mass is 360 g/mol. The number of aromatic nitrogens is 1. The van der Waals surface area contributed by atoms with E-state index in [2.05, 4.69) is 28.6 Å².